The van der Waals surface area contributed by atoms with Gasteiger partial charge in [-0.1, -0.05) is 18.2 Å². The molecule has 20 heavy (non-hydrogen) atoms. The van der Waals surface area contributed by atoms with Crippen molar-refractivity contribution >= 4 is 5.69 Å². The van der Waals surface area contributed by atoms with Gasteiger partial charge in [-0.25, -0.2) is 4.68 Å². The molecule has 0 atom stereocenters. The highest BCUT2D eigenvalue weighted by atomic mass is 15.3. The van der Waals surface area contributed by atoms with Crippen molar-refractivity contribution in [1.29, 1.82) is 0 Å². The molecule has 2 heterocycles. The molecule has 5 nitrogen and oxygen atoms in total. The van der Waals surface area contributed by atoms with E-state index in [9.17, 15) is 0 Å². The molecule has 102 valence electrons. The number of hydrogen-bond acceptors (Lipinski definition) is 3. The molecule has 3 rings (SSSR count). The second-order valence-corrected chi connectivity index (χ2v) is 5.02. The van der Waals surface area contributed by atoms with Gasteiger partial charge in [-0.15, -0.1) is 0 Å². The van der Waals surface area contributed by atoms with Crippen LogP contribution in [0.25, 0.3) is 16.9 Å². The van der Waals surface area contributed by atoms with Crippen molar-refractivity contribution in [1.82, 2.24) is 19.6 Å². The van der Waals surface area contributed by atoms with E-state index in [2.05, 4.69) is 24.0 Å². The van der Waals surface area contributed by atoms with Crippen LogP contribution in [-0.2, 0) is 0 Å². The van der Waals surface area contributed by atoms with E-state index in [1.54, 1.807) is 6.20 Å². The van der Waals surface area contributed by atoms with Crippen molar-refractivity contribution in [3.8, 4) is 16.9 Å². The Balaban J connectivity index is 1.98. The molecule has 0 spiro atoms. The van der Waals surface area contributed by atoms with E-state index in [4.69, 9.17) is 5.73 Å². The molecule has 0 saturated heterocycles. The van der Waals surface area contributed by atoms with Gasteiger partial charge in [0.1, 0.15) is 5.69 Å². The summed E-state index contributed by atoms with van der Waals surface area (Å²) in [7, 11) is 0. The molecular weight excluding hydrogens is 250 g/mol. The van der Waals surface area contributed by atoms with Crippen molar-refractivity contribution in [3.63, 3.8) is 0 Å². The first-order valence-electron chi connectivity index (χ1n) is 6.60. The molecule has 0 aliphatic carbocycles. The molecule has 1 aromatic carbocycles. The van der Waals surface area contributed by atoms with Crippen LogP contribution in [0.5, 0.6) is 0 Å². The fourth-order valence-corrected chi connectivity index (χ4v) is 2.06. The highest BCUT2D eigenvalue weighted by Crippen LogP contribution is 2.25. The smallest absolute Gasteiger partial charge is 0.118 e. The second-order valence-electron chi connectivity index (χ2n) is 5.02. The maximum Gasteiger partial charge on any atom is 0.118 e. The lowest BCUT2D eigenvalue weighted by atomic mass is 10.2. The summed E-state index contributed by atoms with van der Waals surface area (Å²) in [5.41, 5.74) is 9.43. The van der Waals surface area contributed by atoms with Gasteiger partial charge in [0.15, 0.2) is 0 Å². The van der Waals surface area contributed by atoms with Crippen LogP contribution in [0.1, 0.15) is 19.9 Å². The lowest BCUT2D eigenvalue weighted by Gasteiger charge is -2.02. The maximum absolute atomic E-state index is 6.04. The van der Waals surface area contributed by atoms with Crippen molar-refractivity contribution < 1.29 is 0 Å². The molecule has 0 aliphatic rings. The summed E-state index contributed by atoms with van der Waals surface area (Å²) in [5, 5.41) is 8.89. The van der Waals surface area contributed by atoms with E-state index in [1.807, 2.05) is 52.1 Å². The SMILES string of the molecule is CC(C)n1cc(N)c(-c2cnn(-c3ccccc3)c2)n1. The summed E-state index contributed by atoms with van der Waals surface area (Å²) < 4.78 is 3.69. The van der Waals surface area contributed by atoms with Crippen LogP contribution in [-0.4, -0.2) is 19.6 Å². The lowest BCUT2D eigenvalue weighted by molar-refractivity contribution is 0.534. The molecule has 0 unspecified atom stereocenters. The summed E-state index contributed by atoms with van der Waals surface area (Å²) in [6, 6.07) is 10.3. The van der Waals surface area contributed by atoms with E-state index in [0.29, 0.717) is 5.69 Å². The zero-order chi connectivity index (χ0) is 14.1. The first-order valence-corrected chi connectivity index (χ1v) is 6.60. The number of hydrogen-bond donors (Lipinski definition) is 1. The standard InChI is InChI=1S/C15H17N5/c1-11(2)19-10-14(16)15(18-19)12-8-17-20(9-12)13-6-4-3-5-7-13/h3-11H,16H2,1-2H3. The zero-order valence-corrected chi connectivity index (χ0v) is 11.6. The van der Waals surface area contributed by atoms with Crippen LogP contribution < -0.4 is 5.73 Å². The van der Waals surface area contributed by atoms with Gasteiger partial charge in [0.25, 0.3) is 0 Å². The minimum Gasteiger partial charge on any atom is -0.396 e. The van der Waals surface area contributed by atoms with Gasteiger partial charge < -0.3 is 5.73 Å². The number of nitrogen functional groups attached to an aromatic ring is 1. The van der Waals surface area contributed by atoms with Crippen LogP contribution in [0.15, 0.2) is 48.9 Å². The number of rotatable bonds is 3. The molecule has 2 N–H and O–H groups in total. The van der Waals surface area contributed by atoms with Crippen LogP contribution in [0.4, 0.5) is 5.69 Å². The van der Waals surface area contributed by atoms with Crippen LogP contribution in [0.3, 0.4) is 0 Å². The van der Waals surface area contributed by atoms with E-state index in [0.717, 1.165) is 16.9 Å². The number of aromatic nitrogens is 4. The average Bonchev–Trinajstić information content (AvgIpc) is 3.06. The Bertz CT molecular complexity index is 709. The Labute approximate surface area is 117 Å². The Kier molecular flexibility index (Phi) is 3.02. The third-order valence-electron chi connectivity index (χ3n) is 3.17. The van der Waals surface area contributed by atoms with Crippen LogP contribution in [0.2, 0.25) is 0 Å². The largest absolute Gasteiger partial charge is 0.396 e. The minimum absolute atomic E-state index is 0.287. The van der Waals surface area contributed by atoms with E-state index in [-0.39, 0.29) is 6.04 Å². The summed E-state index contributed by atoms with van der Waals surface area (Å²) in [6.07, 6.45) is 5.59. The number of nitrogens with zero attached hydrogens (tertiary/aromatic N) is 4. The molecule has 0 aliphatic heterocycles. The third kappa shape index (κ3) is 2.18. The van der Waals surface area contributed by atoms with Crippen LogP contribution in [0, 0.1) is 0 Å². The normalized spacial score (nSPS) is 11.2. The van der Waals surface area contributed by atoms with Gasteiger partial charge in [-0.2, -0.15) is 10.2 Å². The van der Waals surface area contributed by atoms with Gasteiger partial charge in [0, 0.05) is 24.0 Å². The van der Waals surface area contributed by atoms with Crippen molar-refractivity contribution in [2.24, 2.45) is 0 Å². The van der Waals surface area contributed by atoms with Gasteiger partial charge >= 0.3 is 0 Å². The number of para-hydroxylation sites is 1. The Morgan fingerprint density at radius 2 is 1.85 bits per heavy atom. The zero-order valence-electron chi connectivity index (χ0n) is 11.6. The lowest BCUT2D eigenvalue weighted by Crippen LogP contribution is -2.00. The molecule has 0 fully saturated rings. The van der Waals surface area contributed by atoms with E-state index in [1.165, 1.54) is 0 Å². The summed E-state index contributed by atoms with van der Waals surface area (Å²) in [4.78, 5) is 0. The van der Waals surface area contributed by atoms with Gasteiger partial charge in [0.05, 0.1) is 17.6 Å². The predicted octanol–water partition coefficient (Wildman–Crippen LogP) is 2.90. The first-order chi connectivity index (χ1) is 9.65. The molecule has 0 radical (unpaired) electrons. The Morgan fingerprint density at radius 3 is 2.50 bits per heavy atom. The van der Waals surface area contributed by atoms with Crippen molar-refractivity contribution in [2.75, 3.05) is 5.73 Å². The van der Waals surface area contributed by atoms with Crippen LogP contribution >= 0.6 is 0 Å². The molecule has 3 aromatic rings. The quantitative estimate of drug-likeness (QED) is 0.793. The molecule has 0 amide bonds. The monoisotopic (exact) mass is 267 g/mol. The minimum atomic E-state index is 0.287. The highest BCUT2D eigenvalue weighted by Gasteiger charge is 2.12. The summed E-state index contributed by atoms with van der Waals surface area (Å²) >= 11 is 0. The molecule has 2 aromatic heterocycles. The van der Waals surface area contributed by atoms with Crippen molar-refractivity contribution in [3.05, 3.63) is 48.9 Å². The second kappa shape index (κ2) is 4.85. The average molecular weight is 267 g/mol. The molecule has 5 heteroatoms. The highest BCUT2D eigenvalue weighted by molar-refractivity contribution is 5.71. The number of benzene rings is 1. The summed E-state index contributed by atoms with van der Waals surface area (Å²) in [6.45, 7) is 4.15. The fraction of sp³-hybridized carbons (Fsp3) is 0.200. The molecule has 0 bridgehead atoms. The predicted molar refractivity (Wildman–Crippen MR) is 79.6 cm³/mol. The van der Waals surface area contributed by atoms with E-state index >= 15 is 0 Å². The third-order valence-corrected chi connectivity index (χ3v) is 3.17. The fourth-order valence-electron chi connectivity index (χ4n) is 2.06. The molecule has 0 saturated carbocycles. The van der Waals surface area contributed by atoms with Gasteiger partial charge in [-0.05, 0) is 26.0 Å². The Morgan fingerprint density at radius 1 is 1.10 bits per heavy atom. The van der Waals surface area contributed by atoms with Gasteiger partial charge in [-0.3, -0.25) is 4.68 Å². The van der Waals surface area contributed by atoms with E-state index < -0.39 is 0 Å². The summed E-state index contributed by atoms with van der Waals surface area (Å²) in [5.74, 6) is 0. The Hall–Kier alpha value is -2.56. The number of nitrogens with two attached hydrogens (primary N) is 1. The van der Waals surface area contributed by atoms with Gasteiger partial charge in [0.2, 0.25) is 0 Å². The molecular formula is C15H17N5. The maximum atomic E-state index is 6.04. The first kappa shape index (κ1) is 12.5. The van der Waals surface area contributed by atoms with Crippen molar-refractivity contribution in [2.45, 2.75) is 19.9 Å². The number of anilines is 1. The topological polar surface area (TPSA) is 61.7 Å².